The maximum absolute atomic E-state index is 14.2. The molecule has 41 heavy (non-hydrogen) atoms. The van der Waals surface area contributed by atoms with E-state index in [-0.39, 0.29) is 22.7 Å². The van der Waals surface area contributed by atoms with Crippen molar-refractivity contribution >= 4 is 34.5 Å². The Morgan fingerprint density at radius 3 is 2.34 bits per heavy atom. The molecular formula is C31H23FN4O5. The fourth-order valence-corrected chi connectivity index (χ4v) is 5.08. The Morgan fingerprint density at radius 2 is 1.68 bits per heavy atom. The van der Waals surface area contributed by atoms with Crippen molar-refractivity contribution in [2.45, 2.75) is 26.9 Å². The molecule has 0 saturated carbocycles. The number of nitrogens with zero attached hydrogens (tertiary/aromatic N) is 4. The number of fused-ring (bicyclic) bond motifs is 2. The van der Waals surface area contributed by atoms with Crippen molar-refractivity contribution in [1.82, 2.24) is 14.8 Å². The van der Waals surface area contributed by atoms with Gasteiger partial charge < -0.3 is 9.47 Å². The van der Waals surface area contributed by atoms with Crippen LogP contribution in [0.1, 0.15) is 51.8 Å². The third kappa shape index (κ3) is 4.49. The summed E-state index contributed by atoms with van der Waals surface area (Å²) >= 11 is 0. The van der Waals surface area contributed by atoms with Gasteiger partial charge in [-0.25, -0.2) is 19.0 Å². The SMILES string of the molecule is CC(=O)Oc1ccc(-n2cccn2)c(C(C)Oc2cc3cc(F)ccc3nc2N2C(=O)c3ccccc3C2=O)c1C. The average Bonchev–Trinajstić information content (AvgIpc) is 3.56. The summed E-state index contributed by atoms with van der Waals surface area (Å²) in [6, 6.07) is 17.3. The number of aromatic nitrogens is 3. The second kappa shape index (κ2) is 9.98. The van der Waals surface area contributed by atoms with Crippen LogP contribution in [0, 0.1) is 12.7 Å². The van der Waals surface area contributed by atoms with E-state index in [1.165, 1.54) is 25.1 Å². The zero-order chi connectivity index (χ0) is 28.8. The molecular weight excluding hydrogens is 527 g/mol. The summed E-state index contributed by atoms with van der Waals surface area (Å²) in [6.45, 7) is 4.88. The number of rotatable bonds is 6. The summed E-state index contributed by atoms with van der Waals surface area (Å²) in [7, 11) is 0. The number of amides is 2. The lowest BCUT2D eigenvalue weighted by Crippen LogP contribution is -2.31. The summed E-state index contributed by atoms with van der Waals surface area (Å²) in [5.74, 6) is -1.61. The lowest BCUT2D eigenvalue weighted by Gasteiger charge is -2.24. The third-order valence-corrected chi connectivity index (χ3v) is 6.89. The van der Waals surface area contributed by atoms with Gasteiger partial charge in [0.25, 0.3) is 11.8 Å². The summed E-state index contributed by atoms with van der Waals surface area (Å²) < 4.78 is 27.7. The number of hydrogen-bond acceptors (Lipinski definition) is 7. The van der Waals surface area contributed by atoms with Gasteiger partial charge in [0.05, 0.1) is 22.3 Å². The van der Waals surface area contributed by atoms with Crippen LogP contribution in [0.3, 0.4) is 0 Å². The Kier molecular flexibility index (Phi) is 6.30. The fourth-order valence-electron chi connectivity index (χ4n) is 5.08. The molecule has 2 aromatic heterocycles. The Morgan fingerprint density at radius 1 is 0.951 bits per heavy atom. The fraction of sp³-hybridized carbons (Fsp3) is 0.129. The van der Waals surface area contributed by atoms with E-state index in [0.29, 0.717) is 33.5 Å². The van der Waals surface area contributed by atoms with E-state index in [1.54, 1.807) is 79.5 Å². The molecule has 6 rings (SSSR count). The zero-order valence-corrected chi connectivity index (χ0v) is 22.3. The molecule has 1 unspecified atom stereocenters. The van der Waals surface area contributed by atoms with Gasteiger partial charge in [0.1, 0.15) is 17.7 Å². The number of carbonyl (C=O) groups excluding carboxylic acids is 3. The molecule has 0 N–H and O–H groups in total. The van der Waals surface area contributed by atoms with Crippen molar-refractivity contribution in [2.24, 2.45) is 0 Å². The minimum absolute atomic E-state index is 0.0170. The second-order valence-electron chi connectivity index (χ2n) is 9.56. The molecule has 0 aliphatic carbocycles. The Labute approximate surface area is 233 Å². The molecule has 3 aromatic carbocycles. The molecule has 3 heterocycles. The van der Waals surface area contributed by atoms with E-state index < -0.39 is 29.7 Å². The first-order valence-electron chi connectivity index (χ1n) is 12.8. The Hall–Kier alpha value is -5.38. The summed E-state index contributed by atoms with van der Waals surface area (Å²) in [5.41, 5.74) is 2.82. The molecule has 1 aliphatic rings. The first kappa shape index (κ1) is 25.9. The summed E-state index contributed by atoms with van der Waals surface area (Å²) in [4.78, 5) is 44.1. The number of imide groups is 1. The van der Waals surface area contributed by atoms with Gasteiger partial charge in [-0.2, -0.15) is 5.10 Å². The minimum Gasteiger partial charge on any atom is -0.482 e. The molecule has 0 spiro atoms. The molecule has 0 saturated heterocycles. The number of ether oxygens (including phenoxy) is 2. The van der Waals surface area contributed by atoms with Gasteiger partial charge in [-0.15, -0.1) is 0 Å². The highest BCUT2D eigenvalue weighted by Crippen LogP contribution is 2.40. The number of benzene rings is 3. The van der Waals surface area contributed by atoms with E-state index >= 15 is 0 Å². The van der Waals surface area contributed by atoms with E-state index in [1.807, 2.05) is 0 Å². The highest BCUT2D eigenvalue weighted by Gasteiger charge is 2.39. The predicted molar refractivity (Wildman–Crippen MR) is 148 cm³/mol. The van der Waals surface area contributed by atoms with Crippen molar-refractivity contribution < 1.29 is 28.2 Å². The normalized spacial score (nSPS) is 13.4. The van der Waals surface area contributed by atoms with Gasteiger partial charge in [-0.3, -0.25) is 14.4 Å². The van der Waals surface area contributed by atoms with Gasteiger partial charge in [-0.1, -0.05) is 12.1 Å². The van der Waals surface area contributed by atoms with Gasteiger partial charge in [0, 0.05) is 35.8 Å². The Balaban J connectivity index is 1.50. The number of halogens is 1. The number of hydrogen-bond donors (Lipinski definition) is 0. The standard InChI is InChI=1S/C31H23FN4O5/c1-17-26(41-19(3)37)12-11-25(35-14-6-13-33-35)28(17)18(2)40-27-16-20-15-21(32)9-10-24(20)34-29(27)36-30(38)22-7-4-5-8-23(22)31(36)39/h4-16,18H,1-3H3. The highest BCUT2D eigenvalue weighted by molar-refractivity contribution is 6.34. The van der Waals surface area contributed by atoms with E-state index in [9.17, 15) is 18.8 Å². The van der Waals surface area contributed by atoms with Crippen LogP contribution in [0.2, 0.25) is 0 Å². The van der Waals surface area contributed by atoms with Gasteiger partial charge in [0.15, 0.2) is 11.6 Å². The highest BCUT2D eigenvalue weighted by atomic mass is 19.1. The van der Waals surface area contributed by atoms with Crippen molar-refractivity contribution in [1.29, 1.82) is 0 Å². The molecule has 10 heteroatoms. The van der Waals surface area contributed by atoms with Crippen LogP contribution in [0.4, 0.5) is 10.2 Å². The minimum atomic E-state index is -0.730. The molecule has 1 aliphatic heterocycles. The van der Waals surface area contributed by atoms with E-state index in [0.717, 1.165) is 4.90 Å². The lowest BCUT2D eigenvalue weighted by atomic mass is 10.0. The van der Waals surface area contributed by atoms with Crippen LogP contribution in [-0.2, 0) is 4.79 Å². The van der Waals surface area contributed by atoms with Crippen molar-refractivity contribution in [3.8, 4) is 17.2 Å². The average molecular weight is 551 g/mol. The van der Waals surface area contributed by atoms with Crippen LogP contribution >= 0.6 is 0 Å². The molecule has 2 amide bonds. The van der Waals surface area contributed by atoms with Gasteiger partial charge >= 0.3 is 5.97 Å². The van der Waals surface area contributed by atoms with Crippen LogP contribution in [0.15, 0.2) is 79.1 Å². The molecule has 0 radical (unpaired) electrons. The third-order valence-electron chi connectivity index (χ3n) is 6.89. The summed E-state index contributed by atoms with van der Waals surface area (Å²) in [5, 5.41) is 4.77. The van der Waals surface area contributed by atoms with Crippen molar-refractivity contribution in [3.05, 3.63) is 107 Å². The predicted octanol–water partition coefficient (Wildman–Crippen LogP) is 5.73. The van der Waals surface area contributed by atoms with Gasteiger partial charge in [-0.05, 0) is 68.4 Å². The zero-order valence-electron chi connectivity index (χ0n) is 22.3. The van der Waals surface area contributed by atoms with Gasteiger partial charge in [0.2, 0.25) is 0 Å². The van der Waals surface area contributed by atoms with Crippen LogP contribution in [-0.4, -0.2) is 32.5 Å². The first-order valence-corrected chi connectivity index (χ1v) is 12.8. The number of anilines is 1. The molecule has 5 aromatic rings. The Bertz CT molecular complexity index is 1830. The number of pyridine rings is 1. The van der Waals surface area contributed by atoms with Crippen LogP contribution in [0.25, 0.3) is 16.6 Å². The molecule has 0 fully saturated rings. The largest absolute Gasteiger partial charge is 0.482 e. The maximum atomic E-state index is 14.2. The topological polar surface area (TPSA) is 104 Å². The summed E-state index contributed by atoms with van der Waals surface area (Å²) in [6.07, 6.45) is 2.67. The first-order chi connectivity index (χ1) is 19.7. The van der Waals surface area contributed by atoms with Crippen molar-refractivity contribution in [2.75, 3.05) is 4.90 Å². The quantitative estimate of drug-likeness (QED) is 0.151. The number of esters is 1. The molecule has 0 bridgehead atoms. The van der Waals surface area contributed by atoms with E-state index in [4.69, 9.17) is 9.47 Å². The second-order valence-corrected chi connectivity index (χ2v) is 9.56. The molecule has 9 nitrogen and oxygen atoms in total. The molecule has 204 valence electrons. The smallest absolute Gasteiger partial charge is 0.308 e. The maximum Gasteiger partial charge on any atom is 0.308 e. The number of carbonyl (C=O) groups is 3. The van der Waals surface area contributed by atoms with Crippen LogP contribution < -0.4 is 14.4 Å². The van der Waals surface area contributed by atoms with Crippen molar-refractivity contribution in [3.63, 3.8) is 0 Å². The monoisotopic (exact) mass is 550 g/mol. The van der Waals surface area contributed by atoms with E-state index in [2.05, 4.69) is 10.1 Å². The van der Waals surface area contributed by atoms with Crippen LogP contribution in [0.5, 0.6) is 11.5 Å². The lowest BCUT2D eigenvalue weighted by molar-refractivity contribution is -0.131. The molecule has 1 atom stereocenters.